The van der Waals surface area contributed by atoms with Crippen molar-refractivity contribution in [3.8, 4) is 11.5 Å². The summed E-state index contributed by atoms with van der Waals surface area (Å²) in [5.41, 5.74) is 3.93. The lowest BCUT2D eigenvalue weighted by molar-refractivity contribution is -0.115. The van der Waals surface area contributed by atoms with E-state index in [0.29, 0.717) is 45.2 Å². The van der Waals surface area contributed by atoms with Crippen LogP contribution in [0.5, 0.6) is 11.5 Å². The predicted molar refractivity (Wildman–Crippen MR) is 160 cm³/mol. The minimum Gasteiger partial charge on any atom is -0.504 e. The van der Waals surface area contributed by atoms with Crippen LogP contribution in [0.3, 0.4) is 0 Å². The fourth-order valence-electron chi connectivity index (χ4n) is 4.74. The number of methoxy groups -OCH3 is 1. The Kier molecular flexibility index (Phi) is 7.38. The third-order valence-corrected chi connectivity index (χ3v) is 6.83. The molecule has 0 spiro atoms. The molecule has 3 N–H and O–H groups in total. The predicted octanol–water partition coefficient (Wildman–Crippen LogP) is 5.58. The van der Waals surface area contributed by atoms with Crippen molar-refractivity contribution in [1.29, 1.82) is 0 Å². The van der Waals surface area contributed by atoms with Crippen molar-refractivity contribution in [2.75, 3.05) is 17.7 Å². The van der Waals surface area contributed by atoms with E-state index in [0.717, 1.165) is 5.69 Å². The van der Waals surface area contributed by atoms with E-state index in [1.54, 1.807) is 65.3 Å². The Morgan fingerprint density at radius 3 is 2.43 bits per heavy atom. The summed E-state index contributed by atoms with van der Waals surface area (Å²) in [7, 11) is 1.46. The third-order valence-electron chi connectivity index (χ3n) is 6.83. The highest BCUT2D eigenvalue weighted by atomic mass is 16.5. The van der Waals surface area contributed by atoms with Crippen LogP contribution in [0.1, 0.15) is 64.4 Å². The number of hydrogen-bond donors (Lipinski definition) is 3. The average Bonchev–Trinajstić information content (AvgIpc) is 3.50. The topological polar surface area (TPSA) is 135 Å². The molecule has 4 aromatic rings. The van der Waals surface area contributed by atoms with Crippen molar-refractivity contribution >= 4 is 40.9 Å². The summed E-state index contributed by atoms with van der Waals surface area (Å²) in [4.78, 5) is 43.2. The number of aromatic hydroxyl groups is 1. The molecule has 0 aliphatic carbocycles. The van der Waals surface area contributed by atoms with Crippen LogP contribution < -0.4 is 15.4 Å². The molecule has 0 saturated heterocycles. The van der Waals surface area contributed by atoms with Gasteiger partial charge in [-0.3, -0.25) is 24.1 Å². The van der Waals surface area contributed by atoms with Gasteiger partial charge >= 0.3 is 0 Å². The number of amides is 2. The first-order valence-electron chi connectivity index (χ1n) is 13.3. The van der Waals surface area contributed by atoms with Gasteiger partial charge in [-0.05, 0) is 81.8 Å². The van der Waals surface area contributed by atoms with Crippen LogP contribution in [0.2, 0.25) is 0 Å². The maximum absolute atomic E-state index is 13.2. The molecule has 0 saturated carbocycles. The summed E-state index contributed by atoms with van der Waals surface area (Å²) in [6.07, 6.45) is 1.51. The van der Waals surface area contributed by atoms with Crippen molar-refractivity contribution in [2.24, 2.45) is 4.99 Å². The van der Waals surface area contributed by atoms with Crippen LogP contribution in [-0.4, -0.2) is 45.8 Å². The first-order chi connectivity index (χ1) is 19.9. The van der Waals surface area contributed by atoms with Gasteiger partial charge in [-0.15, -0.1) is 0 Å². The lowest BCUT2D eigenvalue weighted by atomic mass is 9.97. The lowest BCUT2D eigenvalue weighted by Gasteiger charge is -2.22. The van der Waals surface area contributed by atoms with Crippen LogP contribution >= 0.6 is 0 Å². The largest absolute Gasteiger partial charge is 0.504 e. The molecule has 0 radical (unpaired) electrons. The molecule has 2 heterocycles. The Morgan fingerprint density at radius 2 is 1.76 bits per heavy atom. The molecule has 5 rings (SSSR count). The zero-order valence-electron chi connectivity index (χ0n) is 23.9. The highest BCUT2D eigenvalue weighted by molar-refractivity contribution is 6.15. The molecule has 10 nitrogen and oxygen atoms in total. The number of anilines is 2. The van der Waals surface area contributed by atoms with Crippen LogP contribution in [0.15, 0.2) is 71.7 Å². The van der Waals surface area contributed by atoms with Gasteiger partial charge in [0.1, 0.15) is 11.6 Å². The minimum atomic E-state index is -0.644. The highest BCUT2D eigenvalue weighted by Crippen LogP contribution is 2.34. The molecule has 10 heteroatoms. The number of aryl methyl sites for hydroxylation is 1. The van der Waals surface area contributed by atoms with E-state index in [9.17, 15) is 19.5 Å². The van der Waals surface area contributed by atoms with Gasteiger partial charge in [0, 0.05) is 34.8 Å². The minimum absolute atomic E-state index is 0.0509. The zero-order valence-corrected chi connectivity index (χ0v) is 23.9. The summed E-state index contributed by atoms with van der Waals surface area (Å²) in [5.74, 6) is -1.15. The van der Waals surface area contributed by atoms with Crippen LogP contribution in [0.4, 0.5) is 17.1 Å². The Morgan fingerprint density at radius 1 is 1.05 bits per heavy atom. The maximum Gasteiger partial charge on any atom is 0.273 e. The number of phenolic OH excluding ortho intramolecular Hbond substituents is 1. The molecule has 0 fully saturated rings. The summed E-state index contributed by atoms with van der Waals surface area (Å²) in [5, 5.41) is 20.1. The van der Waals surface area contributed by atoms with Gasteiger partial charge in [0.2, 0.25) is 5.91 Å². The number of nitrogens with zero attached hydrogens (tertiary/aromatic N) is 3. The maximum atomic E-state index is 13.2. The fourth-order valence-corrected chi connectivity index (χ4v) is 4.74. The van der Waals surface area contributed by atoms with Gasteiger partial charge in [-0.1, -0.05) is 12.1 Å². The molecular weight excluding hydrogens is 534 g/mol. The number of aliphatic imine (C=N–C) groups is 1. The number of carbonyl (C=O) groups excluding carboxylic acids is 3. The smallest absolute Gasteiger partial charge is 0.273 e. The van der Waals surface area contributed by atoms with E-state index in [2.05, 4.69) is 20.7 Å². The van der Waals surface area contributed by atoms with Crippen molar-refractivity contribution in [3.63, 3.8) is 0 Å². The van der Waals surface area contributed by atoms with Crippen LogP contribution in [0.25, 0.3) is 0 Å². The van der Waals surface area contributed by atoms with Gasteiger partial charge < -0.3 is 20.5 Å². The number of phenols is 1. The van der Waals surface area contributed by atoms with Crippen molar-refractivity contribution in [1.82, 2.24) is 9.78 Å². The average molecular weight is 566 g/mol. The first-order valence-corrected chi connectivity index (χ1v) is 13.3. The molecular formula is C32H31N5O5. The number of ether oxygens (including phenoxy) is 1. The standard InChI is InChI=1S/C32H31N5O5/c1-18-14-26(37(36-18)32(2,3)4)31(41)34-21-9-6-19(7-10-21)29(39)20-8-12-23-24(30(40)35-25(23)15-20)17-33-22-11-13-28(42-5)27(38)16-22/h6-17,24,38H,1-5H3,(H,34,41)(H,35,40). The lowest BCUT2D eigenvalue weighted by Crippen LogP contribution is -2.29. The summed E-state index contributed by atoms with van der Waals surface area (Å²) < 4.78 is 6.74. The second-order valence-corrected chi connectivity index (χ2v) is 11.0. The van der Waals surface area contributed by atoms with Gasteiger partial charge in [0.15, 0.2) is 17.3 Å². The number of carbonyl (C=O) groups is 3. The SMILES string of the molecule is COc1ccc(N=CC2C(=O)Nc3cc(C(=O)c4ccc(NC(=O)c5cc(C)nn5C(C)(C)C)cc4)ccc32)cc1O. The van der Waals surface area contributed by atoms with Gasteiger partial charge in [-0.2, -0.15) is 5.10 Å². The fraction of sp³-hybridized carbons (Fsp3) is 0.219. The number of hydrogen-bond acceptors (Lipinski definition) is 7. The molecule has 1 aromatic heterocycles. The van der Waals surface area contributed by atoms with Crippen LogP contribution in [0, 0.1) is 6.92 Å². The number of rotatable bonds is 7. The van der Waals surface area contributed by atoms with Crippen LogP contribution in [-0.2, 0) is 10.3 Å². The molecule has 1 unspecified atom stereocenters. The quantitative estimate of drug-likeness (QED) is 0.198. The molecule has 3 aromatic carbocycles. The Labute approximate surface area is 243 Å². The molecule has 1 aliphatic rings. The first kappa shape index (κ1) is 28.3. The number of ketones is 1. The van der Waals surface area contributed by atoms with E-state index in [1.165, 1.54) is 19.4 Å². The zero-order chi connectivity index (χ0) is 30.2. The van der Waals surface area contributed by atoms with E-state index in [1.807, 2.05) is 27.7 Å². The monoisotopic (exact) mass is 565 g/mol. The molecule has 42 heavy (non-hydrogen) atoms. The van der Waals surface area contributed by atoms with Crippen molar-refractivity contribution in [2.45, 2.75) is 39.2 Å². The van der Waals surface area contributed by atoms with E-state index >= 15 is 0 Å². The van der Waals surface area contributed by atoms with E-state index in [4.69, 9.17) is 4.74 Å². The third kappa shape index (κ3) is 5.64. The normalized spacial score (nSPS) is 14.5. The van der Waals surface area contributed by atoms with Gasteiger partial charge in [0.05, 0.1) is 24.0 Å². The Balaban J connectivity index is 1.29. The second kappa shape index (κ2) is 11.0. The molecule has 1 aliphatic heterocycles. The summed E-state index contributed by atoms with van der Waals surface area (Å²) in [6, 6.07) is 18.2. The molecule has 0 bridgehead atoms. The number of benzene rings is 3. The Hall–Kier alpha value is -5.25. The van der Waals surface area contributed by atoms with Gasteiger partial charge in [0.25, 0.3) is 5.91 Å². The molecule has 2 amide bonds. The highest BCUT2D eigenvalue weighted by Gasteiger charge is 2.30. The second-order valence-electron chi connectivity index (χ2n) is 11.0. The Bertz CT molecular complexity index is 1730. The number of fused-ring (bicyclic) bond motifs is 1. The molecule has 214 valence electrons. The van der Waals surface area contributed by atoms with Crippen molar-refractivity contribution < 1.29 is 24.2 Å². The van der Waals surface area contributed by atoms with Crippen molar-refractivity contribution in [3.05, 3.63) is 94.8 Å². The van der Waals surface area contributed by atoms with E-state index in [-0.39, 0.29) is 28.9 Å². The summed E-state index contributed by atoms with van der Waals surface area (Å²) >= 11 is 0. The number of aromatic nitrogens is 2. The summed E-state index contributed by atoms with van der Waals surface area (Å²) in [6.45, 7) is 7.77. The van der Waals surface area contributed by atoms with E-state index < -0.39 is 5.92 Å². The molecule has 1 atom stereocenters. The van der Waals surface area contributed by atoms with Gasteiger partial charge in [-0.25, -0.2) is 0 Å². The number of nitrogens with one attached hydrogen (secondary N) is 2.